The van der Waals surface area contributed by atoms with Crippen LogP contribution in [0.15, 0.2) is 24.4 Å². The Balaban J connectivity index is 1.35. The van der Waals surface area contributed by atoms with Crippen LogP contribution in [-0.2, 0) is 23.8 Å². The average Bonchev–Trinajstić information content (AvgIpc) is 3.38. The van der Waals surface area contributed by atoms with Gasteiger partial charge in [0.15, 0.2) is 0 Å². The number of urea groups is 1. The molecule has 2 amide bonds. The van der Waals surface area contributed by atoms with Crippen molar-refractivity contribution in [1.29, 1.82) is 0 Å². The summed E-state index contributed by atoms with van der Waals surface area (Å²) in [6.07, 6.45) is 8.59. The number of carbonyl (C=O) groups is 1. The number of hydrogen-bond donors (Lipinski definition) is 2. The molecule has 2 N–H and O–H groups in total. The smallest absolute Gasteiger partial charge is 0.331 e. The number of fused-ring (bicyclic) bond motifs is 1. The van der Waals surface area contributed by atoms with Gasteiger partial charge in [-0.15, -0.1) is 0 Å². The minimum atomic E-state index is -1.41. The largest absolute Gasteiger partial charge is 0.474 e. The van der Waals surface area contributed by atoms with E-state index in [0.29, 0.717) is 5.88 Å². The van der Waals surface area contributed by atoms with Crippen molar-refractivity contribution in [3.63, 3.8) is 0 Å². The van der Waals surface area contributed by atoms with Crippen LogP contribution in [0.2, 0.25) is 0 Å². The van der Waals surface area contributed by atoms with Crippen LogP contribution in [0.25, 0.3) is 11.1 Å². The van der Waals surface area contributed by atoms with Crippen molar-refractivity contribution in [3.8, 4) is 17.0 Å². The highest BCUT2D eigenvalue weighted by Crippen LogP contribution is 2.41. The molecule has 0 radical (unpaired) electrons. The highest BCUT2D eigenvalue weighted by atomic mass is 32.2. The first-order valence-corrected chi connectivity index (χ1v) is 15.3. The topological polar surface area (TPSA) is 86.8 Å². The van der Waals surface area contributed by atoms with E-state index in [0.717, 1.165) is 100 Å². The Hall–Kier alpha value is -2.49. The molecule has 8 nitrogen and oxygen atoms in total. The number of nitrogens with zero attached hydrogens (tertiary/aromatic N) is 3. The number of aromatic nitrogens is 1. The third kappa shape index (κ3) is 6.21. The molecule has 0 saturated carbocycles. The molecule has 1 aromatic heterocycles. The van der Waals surface area contributed by atoms with Crippen molar-refractivity contribution >= 4 is 22.7 Å². The Labute approximate surface area is 229 Å². The van der Waals surface area contributed by atoms with Gasteiger partial charge in [0.05, 0.1) is 10.9 Å². The summed E-state index contributed by atoms with van der Waals surface area (Å²) < 4.78 is 22.0. The quantitative estimate of drug-likeness (QED) is 0.546. The summed E-state index contributed by atoms with van der Waals surface area (Å²) in [4.78, 5) is 22.3. The lowest BCUT2D eigenvalue weighted by molar-refractivity contribution is 0.110. The lowest BCUT2D eigenvalue weighted by Crippen LogP contribution is -2.42. The molecule has 2 saturated heterocycles. The van der Waals surface area contributed by atoms with Crippen molar-refractivity contribution in [2.24, 2.45) is 0 Å². The normalized spacial score (nSPS) is 20.2. The van der Waals surface area contributed by atoms with E-state index in [1.807, 2.05) is 12.1 Å². The zero-order valence-electron chi connectivity index (χ0n) is 22.9. The van der Waals surface area contributed by atoms with Crippen LogP contribution in [-0.4, -0.2) is 76.1 Å². The zero-order chi connectivity index (χ0) is 26.6. The van der Waals surface area contributed by atoms with E-state index in [9.17, 15) is 9.00 Å². The maximum absolute atomic E-state index is 13.2. The van der Waals surface area contributed by atoms with E-state index in [4.69, 9.17) is 4.74 Å². The Morgan fingerprint density at radius 2 is 1.89 bits per heavy atom. The number of ether oxygens (including phenoxy) is 1. The Morgan fingerprint density at radius 3 is 2.63 bits per heavy atom. The molecule has 2 fully saturated rings. The predicted octanol–water partition coefficient (Wildman–Crippen LogP) is 4.29. The van der Waals surface area contributed by atoms with Crippen LogP contribution in [0.4, 0.5) is 10.5 Å². The zero-order valence-corrected chi connectivity index (χ0v) is 23.7. The van der Waals surface area contributed by atoms with Crippen molar-refractivity contribution in [2.75, 3.05) is 45.1 Å². The monoisotopic (exact) mass is 539 g/mol. The van der Waals surface area contributed by atoms with Crippen LogP contribution >= 0.6 is 0 Å². The second-order valence-corrected chi connectivity index (χ2v) is 12.4. The predicted molar refractivity (Wildman–Crippen MR) is 153 cm³/mol. The third-order valence-corrected chi connectivity index (χ3v) is 9.75. The number of benzene rings is 1. The molecular formula is C29H41N5O3S. The first-order chi connectivity index (χ1) is 18.4. The SMILES string of the molecule is CCN1CCC(S(=O)NC(=O)Nc2c3c(cc(C)c2-c2ccnc(OC4CCN(C)CC4)c2)CCC3)CC1. The van der Waals surface area contributed by atoms with Gasteiger partial charge in [-0.25, -0.2) is 14.0 Å². The van der Waals surface area contributed by atoms with E-state index < -0.39 is 17.0 Å². The average molecular weight is 540 g/mol. The van der Waals surface area contributed by atoms with Gasteiger partial charge in [0.2, 0.25) is 5.88 Å². The summed E-state index contributed by atoms with van der Waals surface area (Å²) >= 11 is 0. The number of rotatable bonds is 7. The maximum atomic E-state index is 13.2. The molecule has 0 bridgehead atoms. The van der Waals surface area contributed by atoms with Gasteiger partial charge in [-0.05, 0) is 107 Å². The number of pyridine rings is 1. The van der Waals surface area contributed by atoms with Gasteiger partial charge in [0.25, 0.3) is 0 Å². The van der Waals surface area contributed by atoms with Gasteiger partial charge in [0, 0.05) is 30.9 Å². The van der Waals surface area contributed by atoms with Crippen LogP contribution in [0.1, 0.15) is 55.7 Å². The van der Waals surface area contributed by atoms with E-state index in [1.54, 1.807) is 6.20 Å². The molecule has 1 atom stereocenters. The molecule has 1 unspecified atom stereocenters. The van der Waals surface area contributed by atoms with Crippen LogP contribution < -0.4 is 14.8 Å². The van der Waals surface area contributed by atoms with Crippen molar-refractivity contribution in [2.45, 2.75) is 70.1 Å². The van der Waals surface area contributed by atoms with Crippen molar-refractivity contribution < 1.29 is 13.7 Å². The Kier molecular flexibility index (Phi) is 8.65. The molecule has 206 valence electrons. The first-order valence-electron chi connectivity index (χ1n) is 14.1. The van der Waals surface area contributed by atoms with Crippen LogP contribution in [0.5, 0.6) is 5.88 Å². The highest BCUT2D eigenvalue weighted by Gasteiger charge is 2.27. The number of hydrogen-bond acceptors (Lipinski definition) is 6. The molecule has 9 heteroatoms. The number of amides is 2. The fourth-order valence-corrected chi connectivity index (χ4v) is 7.10. The number of carbonyl (C=O) groups excluding carboxylic acids is 1. The molecule has 3 heterocycles. The summed E-state index contributed by atoms with van der Waals surface area (Å²) in [5, 5.41) is 3.12. The molecule has 1 aromatic carbocycles. The van der Waals surface area contributed by atoms with Gasteiger partial charge in [-0.3, -0.25) is 4.72 Å². The standard InChI is InChI=1S/C29H41N5O3S/c1-4-34-16-11-24(12-17-34)38(36)32-29(35)31-28-25-7-5-6-21(25)18-20(2)27(28)22-8-13-30-26(19-22)37-23-9-14-33(3)15-10-23/h8,13,18-19,23-24H,4-7,9-12,14-17H2,1-3H3,(H2,31,32,35). The summed E-state index contributed by atoms with van der Waals surface area (Å²) in [6.45, 7) is 9.15. The number of aryl methyl sites for hydroxylation is 2. The van der Waals surface area contributed by atoms with Crippen LogP contribution in [0, 0.1) is 6.92 Å². The van der Waals surface area contributed by atoms with Crippen molar-refractivity contribution in [1.82, 2.24) is 19.5 Å². The molecule has 38 heavy (non-hydrogen) atoms. The summed E-state index contributed by atoms with van der Waals surface area (Å²) in [5.74, 6) is 0.617. The highest BCUT2D eigenvalue weighted by molar-refractivity contribution is 7.84. The lowest BCUT2D eigenvalue weighted by Gasteiger charge is -2.30. The van der Waals surface area contributed by atoms with E-state index >= 15 is 0 Å². The molecular weight excluding hydrogens is 498 g/mol. The number of likely N-dealkylation sites (tertiary alicyclic amines) is 2. The number of piperidine rings is 2. The molecule has 2 aromatic rings. The van der Waals surface area contributed by atoms with Gasteiger partial charge in [0.1, 0.15) is 17.1 Å². The molecule has 5 rings (SSSR count). The number of anilines is 1. The van der Waals surface area contributed by atoms with E-state index in [-0.39, 0.29) is 11.4 Å². The third-order valence-electron chi connectivity index (χ3n) is 8.29. The Morgan fingerprint density at radius 1 is 1.13 bits per heavy atom. The fourth-order valence-electron chi connectivity index (χ4n) is 6.06. The molecule has 1 aliphatic carbocycles. The van der Waals surface area contributed by atoms with Crippen molar-refractivity contribution in [3.05, 3.63) is 41.1 Å². The Bertz CT molecular complexity index is 1170. The van der Waals surface area contributed by atoms with Gasteiger partial charge < -0.3 is 19.9 Å². The minimum absolute atomic E-state index is 0.00859. The van der Waals surface area contributed by atoms with Gasteiger partial charge in [-0.2, -0.15) is 0 Å². The second-order valence-electron chi connectivity index (χ2n) is 10.9. The maximum Gasteiger partial charge on any atom is 0.331 e. The lowest BCUT2D eigenvalue weighted by atomic mass is 9.93. The first kappa shape index (κ1) is 27.1. The molecule has 0 spiro atoms. The van der Waals surface area contributed by atoms with Gasteiger partial charge in [-0.1, -0.05) is 13.0 Å². The van der Waals surface area contributed by atoms with Crippen LogP contribution in [0.3, 0.4) is 0 Å². The fraction of sp³-hybridized carbons (Fsp3) is 0.586. The van der Waals surface area contributed by atoms with Gasteiger partial charge >= 0.3 is 6.03 Å². The second kappa shape index (κ2) is 12.1. The minimum Gasteiger partial charge on any atom is -0.474 e. The molecule has 3 aliphatic rings. The molecule has 2 aliphatic heterocycles. The summed E-state index contributed by atoms with van der Waals surface area (Å²) in [7, 11) is 0.725. The van der Waals surface area contributed by atoms with E-state index in [1.165, 1.54) is 11.1 Å². The summed E-state index contributed by atoms with van der Waals surface area (Å²) in [5.41, 5.74) is 6.34. The number of nitrogens with one attached hydrogen (secondary N) is 2. The van der Waals surface area contributed by atoms with E-state index in [2.05, 4.69) is 51.8 Å². The summed E-state index contributed by atoms with van der Waals surface area (Å²) in [6, 6.07) is 5.82.